The lowest BCUT2D eigenvalue weighted by atomic mass is 9.93. The summed E-state index contributed by atoms with van der Waals surface area (Å²) in [7, 11) is 0. The van der Waals surface area contributed by atoms with Gasteiger partial charge in [-0.3, -0.25) is 4.99 Å². The van der Waals surface area contributed by atoms with Crippen LogP contribution in [0.3, 0.4) is 0 Å². The monoisotopic (exact) mass is 271 g/mol. The summed E-state index contributed by atoms with van der Waals surface area (Å²) in [4.78, 5) is 15.0. The lowest BCUT2D eigenvalue weighted by molar-refractivity contribution is 0.0697. The Morgan fingerprint density at radius 2 is 1.95 bits per heavy atom. The Balaban J connectivity index is 1.97. The van der Waals surface area contributed by atoms with Crippen molar-refractivity contribution in [2.75, 3.05) is 6.61 Å². The smallest absolute Gasteiger partial charge is 0.335 e. The van der Waals surface area contributed by atoms with Gasteiger partial charge in [-0.25, -0.2) is 4.79 Å². The first-order valence-corrected chi connectivity index (χ1v) is 6.36. The highest BCUT2D eigenvalue weighted by atomic mass is 16.5. The molecule has 1 aliphatic heterocycles. The molecule has 104 valence electrons. The third-order valence-electron chi connectivity index (χ3n) is 2.94. The Labute approximate surface area is 118 Å². The van der Waals surface area contributed by atoms with E-state index in [1.54, 1.807) is 18.3 Å². The molecule has 0 unspecified atom stereocenters. The summed E-state index contributed by atoms with van der Waals surface area (Å²) >= 11 is 0. The van der Waals surface area contributed by atoms with Crippen LogP contribution in [0.5, 0.6) is 5.75 Å². The van der Waals surface area contributed by atoms with E-state index < -0.39 is 5.97 Å². The molecule has 1 aromatic carbocycles. The molecular weight excluding hydrogens is 254 g/mol. The van der Waals surface area contributed by atoms with Crippen LogP contribution in [-0.2, 0) is 0 Å². The van der Waals surface area contributed by atoms with Crippen LogP contribution in [0.25, 0.3) is 0 Å². The maximum Gasteiger partial charge on any atom is 0.335 e. The van der Waals surface area contributed by atoms with E-state index in [1.165, 1.54) is 12.1 Å². The van der Waals surface area contributed by atoms with Crippen LogP contribution in [0, 0.1) is 5.41 Å². The van der Waals surface area contributed by atoms with Crippen LogP contribution < -0.4 is 4.74 Å². The van der Waals surface area contributed by atoms with Crippen molar-refractivity contribution < 1.29 is 14.6 Å². The number of aromatic carboxylic acids is 1. The zero-order valence-electron chi connectivity index (χ0n) is 11.5. The number of hydrogen-bond donors (Lipinski definition) is 1. The molecule has 2 rings (SSSR count). The first-order valence-electron chi connectivity index (χ1n) is 6.36. The van der Waals surface area contributed by atoms with Gasteiger partial charge in [0.05, 0.1) is 11.3 Å². The Bertz CT molecular complexity index is 580. The highest BCUT2D eigenvalue weighted by Gasteiger charge is 2.11. The van der Waals surface area contributed by atoms with Crippen LogP contribution in [0.4, 0.5) is 0 Å². The number of ether oxygens (including phenoxy) is 1. The molecule has 0 spiro atoms. The van der Waals surface area contributed by atoms with E-state index in [-0.39, 0.29) is 11.0 Å². The number of carboxylic acid groups (broad SMARTS) is 1. The number of rotatable bonds is 4. The van der Waals surface area contributed by atoms with Gasteiger partial charge < -0.3 is 9.84 Å². The van der Waals surface area contributed by atoms with Gasteiger partial charge in [-0.1, -0.05) is 26.0 Å². The number of nitrogens with zero attached hydrogens (tertiary/aromatic N) is 1. The van der Waals surface area contributed by atoms with E-state index in [4.69, 9.17) is 9.84 Å². The van der Waals surface area contributed by atoms with Crippen molar-refractivity contribution in [3.8, 4) is 5.75 Å². The maximum atomic E-state index is 10.7. The molecule has 1 N–H and O–H groups in total. The Hall–Kier alpha value is -2.36. The van der Waals surface area contributed by atoms with Gasteiger partial charge in [0.25, 0.3) is 0 Å². The fraction of sp³-hybridized carbons (Fsp3) is 0.250. The second kappa shape index (κ2) is 5.74. The summed E-state index contributed by atoms with van der Waals surface area (Å²) < 4.78 is 5.60. The summed E-state index contributed by atoms with van der Waals surface area (Å²) in [5.74, 6) is -0.321. The minimum absolute atomic E-state index is 0.00557. The minimum Gasteiger partial charge on any atom is -0.487 e. The Kier molecular flexibility index (Phi) is 4.03. The molecule has 20 heavy (non-hydrogen) atoms. The standard InChI is InChI=1S/C16H17NO3/c1-16(2)8-7-13(17-10-9-16)11-20-14-5-3-12(4-6-14)15(18)19/h3-10H,11H2,1-2H3,(H,18,19). The van der Waals surface area contributed by atoms with Crippen molar-refractivity contribution >= 4 is 11.7 Å². The molecular formula is C16H17NO3. The predicted octanol–water partition coefficient (Wildman–Crippen LogP) is 3.31. The van der Waals surface area contributed by atoms with Crippen LogP contribution in [0.15, 0.2) is 53.7 Å². The molecule has 0 saturated heterocycles. The second-order valence-electron chi connectivity index (χ2n) is 5.21. The minimum atomic E-state index is -0.944. The second-order valence-corrected chi connectivity index (χ2v) is 5.21. The van der Waals surface area contributed by atoms with E-state index in [9.17, 15) is 4.79 Å². The zero-order chi connectivity index (χ0) is 14.6. The van der Waals surface area contributed by atoms with Crippen LogP contribution in [0.1, 0.15) is 24.2 Å². The molecule has 1 aliphatic rings. The maximum absolute atomic E-state index is 10.7. The largest absolute Gasteiger partial charge is 0.487 e. The first-order chi connectivity index (χ1) is 9.46. The number of aliphatic imine (C=N–C) groups is 1. The number of carbonyl (C=O) groups is 1. The van der Waals surface area contributed by atoms with E-state index >= 15 is 0 Å². The Morgan fingerprint density at radius 1 is 1.25 bits per heavy atom. The third-order valence-corrected chi connectivity index (χ3v) is 2.94. The van der Waals surface area contributed by atoms with Gasteiger partial charge in [0, 0.05) is 11.6 Å². The molecule has 1 heterocycles. The SMILES string of the molecule is CC1(C)C=CN=C(COc2ccc(C(=O)O)cc2)C=C1. The molecule has 4 heteroatoms. The summed E-state index contributed by atoms with van der Waals surface area (Å²) in [5, 5.41) is 8.81. The van der Waals surface area contributed by atoms with Gasteiger partial charge in [0.15, 0.2) is 0 Å². The molecule has 0 aromatic heterocycles. The van der Waals surface area contributed by atoms with Gasteiger partial charge in [0.1, 0.15) is 12.4 Å². The van der Waals surface area contributed by atoms with E-state index in [2.05, 4.69) is 24.9 Å². The average molecular weight is 271 g/mol. The molecule has 1 aromatic rings. The van der Waals surface area contributed by atoms with Gasteiger partial charge in [-0.05, 0) is 30.3 Å². The predicted molar refractivity (Wildman–Crippen MR) is 78.4 cm³/mol. The number of carboxylic acids is 1. The molecule has 4 nitrogen and oxygen atoms in total. The normalized spacial score (nSPS) is 16.4. The Morgan fingerprint density at radius 3 is 2.60 bits per heavy atom. The number of allylic oxidation sites excluding steroid dienone is 2. The highest BCUT2D eigenvalue weighted by Crippen LogP contribution is 2.21. The first kappa shape index (κ1) is 14.1. The molecule has 0 amide bonds. The number of hydrogen-bond acceptors (Lipinski definition) is 3. The average Bonchev–Trinajstić information content (AvgIpc) is 2.58. The molecule has 0 saturated carbocycles. The van der Waals surface area contributed by atoms with Crippen LogP contribution >= 0.6 is 0 Å². The van der Waals surface area contributed by atoms with Crippen molar-refractivity contribution in [1.29, 1.82) is 0 Å². The van der Waals surface area contributed by atoms with Gasteiger partial charge in [-0.2, -0.15) is 0 Å². The van der Waals surface area contributed by atoms with Gasteiger partial charge in [-0.15, -0.1) is 0 Å². The van der Waals surface area contributed by atoms with Crippen molar-refractivity contribution in [2.45, 2.75) is 13.8 Å². The summed E-state index contributed by atoms with van der Waals surface area (Å²) in [6.45, 7) is 4.55. The molecule has 0 radical (unpaired) electrons. The van der Waals surface area contributed by atoms with Crippen molar-refractivity contribution in [3.63, 3.8) is 0 Å². The third kappa shape index (κ3) is 3.82. The van der Waals surface area contributed by atoms with Crippen molar-refractivity contribution in [3.05, 3.63) is 54.3 Å². The molecule has 0 atom stereocenters. The van der Waals surface area contributed by atoms with E-state index in [0.29, 0.717) is 12.4 Å². The lowest BCUT2D eigenvalue weighted by Crippen LogP contribution is -2.09. The van der Waals surface area contributed by atoms with Crippen molar-refractivity contribution in [1.82, 2.24) is 0 Å². The highest BCUT2D eigenvalue weighted by molar-refractivity contribution is 5.97. The summed E-state index contributed by atoms with van der Waals surface area (Å²) in [6.07, 6.45) is 7.84. The zero-order valence-corrected chi connectivity index (χ0v) is 11.5. The molecule has 0 bridgehead atoms. The topological polar surface area (TPSA) is 58.9 Å². The van der Waals surface area contributed by atoms with Crippen molar-refractivity contribution in [2.24, 2.45) is 10.4 Å². The number of benzene rings is 1. The van der Waals surface area contributed by atoms with Crippen LogP contribution in [0.2, 0.25) is 0 Å². The lowest BCUT2D eigenvalue weighted by Gasteiger charge is -2.11. The van der Waals surface area contributed by atoms with E-state index in [1.807, 2.05) is 12.2 Å². The van der Waals surface area contributed by atoms with E-state index in [0.717, 1.165) is 5.71 Å². The fourth-order valence-electron chi connectivity index (χ4n) is 1.67. The van der Waals surface area contributed by atoms with Crippen LogP contribution in [-0.4, -0.2) is 23.4 Å². The summed E-state index contributed by atoms with van der Waals surface area (Å²) in [5.41, 5.74) is 1.07. The molecule has 0 aliphatic carbocycles. The van der Waals surface area contributed by atoms with Gasteiger partial charge in [0.2, 0.25) is 0 Å². The molecule has 0 fully saturated rings. The fourth-order valence-corrected chi connectivity index (χ4v) is 1.67. The van der Waals surface area contributed by atoms with Gasteiger partial charge >= 0.3 is 5.97 Å². The quantitative estimate of drug-likeness (QED) is 0.913. The summed E-state index contributed by atoms with van der Waals surface area (Å²) in [6, 6.07) is 6.32.